The number of rotatable bonds is 7. The zero-order valence-corrected chi connectivity index (χ0v) is 18.6. The van der Waals surface area contributed by atoms with Crippen LogP contribution in [0.3, 0.4) is 0 Å². The highest BCUT2D eigenvalue weighted by atomic mass is 32.1. The van der Waals surface area contributed by atoms with Crippen molar-refractivity contribution in [2.75, 3.05) is 47.9 Å². The number of quaternary nitrogens is 1. The third kappa shape index (κ3) is 5.00. The summed E-state index contributed by atoms with van der Waals surface area (Å²) in [5, 5.41) is 4.29. The SMILES string of the molecule is COc1cc2c(cc1OC)[C@H](c1ccccc1)N(C(=S)NCCC[NH+](C)C)CC2. The lowest BCUT2D eigenvalue weighted by molar-refractivity contribution is -0.858. The molecule has 6 heteroatoms. The molecule has 2 aromatic rings. The molecule has 2 aromatic carbocycles. The lowest BCUT2D eigenvalue weighted by Gasteiger charge is -2.39. The van der Waals surface area contributed by atoms with E-state index in [0.717, 1.165) is 49.1 Å². The number of benzene rings is 2. The summed E-state index contributed by atoms with van der Waals surface area (Å²) < 4.78 is 11.1. The summed E-state index contributed by atoms with van der Waals surface area (Å²) >= 11 is 5.82. The zero-order chi connectivity index (χ0) is 20.8. The topological polar surface area (TPSA) is 38.2 Å². The van der Waals surface area contributed by atoms with Crippen LogP contribution < -0.4 is 19.7 Å². The summed E-state index contributed by atoms with van der Waals surface area (Å²) in [6, 6.07) is 14.8. The van der Waals surface area contributed by atoms with Gasteiger partial charge in [-0.05, 0) is 47.5 Å². The number of methoxy groups -OCH3 is 2. The Morgan fingerprint density at radius 1 is 1.14 bits per heavy atom. The molecule has 0 unspecified atom stereocenters. The van der Waals surface area contributed by atoms with Gasteiger partial charge in [0.05, 0.1) is 40.9 Å². The van der Waals surface area contributed by atoms with Gasteiger partial charge in [0.25, 0.3) is 0 Å². The van der Waals surface area contributed by atoms with Gasteiger partial charge in [0.1, 0.15) is 0 Å². The number of hydrogen-bond donors (Lipinski definition) is 2. The fourth-order valence-electron chi connectivity index (χ4n) is 3.90. The Labute approximate surface area is 179 Å². The van der Waals surface area contributed by atoms with Crippen molar-refractivity contribution in [1.29, 1.82) is 0 Å². The van der Waals surface area contributed by atoms with E-state index in [9.17, 15) is 0 Å². The van der Waals surface area contributed by atoms with E-state index in [1.807, 2.05) is 6.07 Å². The van der Waals surface area contributed by atoms with Gasteiger partial charge in [-0.2, -0.15) is 0 Å². The van der Waals surface area contributed by atoms with E-state index < -0.39 is 0 Å². The van der Waals surface area contributed by atoms with Crippen molar-refractivity contribution in [2.45, 2.75) is 18.9 Å². The number of nitrogens with zero attached hydrogens (tertiary/aromatic N) is 1. The Bertz CT molecular complexity index is 826. The summed E-state index contributed by atoms with van der Waals surface area (Å²) in [6.45, 7) is 2.88. The van der Waals surface area contributed by atoms with Crippen LogP contribution in [0, 0.1) is 0 Å². The summed E-state index contributed by atoms with van der Waals surface area (Å²) in [5.41, 5.74) is 3.73. The molecule has 0 saturated heterocycles. The van der Waals surface area contributed by atoms with Crippen LogP contribution in [0.5, 0.6) is 11.5 Å². The third-order valence-electron chi connectivity index (χ3n) is 5.38. The van der Waals surface area contributed by atoms with Crippen LogP contribution >= 0.6 is 12.2 Å². The van der Waals surface area contributed by atoms with Gasteiger partial charge in [-0.1, -0.05) is 30.3 Å². The Morgan fingerprint density at radius 3 is 2.48 bits per heavy atom. The smallest absolute Gasteiger partial charge is 0.169 e. The normalized spacial score (nSPS) is 15.8. The monoisotopic (exact) mass is 414 g/mol. The fourth-order valence-corrected chi connectivity index (χ4v) is 4.20. The lowest BCUT2D eigenvalue weighted by Crippen LogP contribution is -3.05. The average Bonchev–Trinajstić information content (AvgIpc) is 2.75. The van der Waals surface area contributed by atoms with Gasteiger partial charge in [-0.3, -0.25) is 0 Å². The summed E-state index contributed by atoms with van der Waals surface area (Å²) in [7, 11) is 7.71. The predicted octanol–water partition coefficient (Wildman–Crippen LogP) is 2.06. The number of fused-ring (bicyclic) bond motifs is 1. The Hall–Kier alpha value is -2.31. The molecule has 0 aromatic heterocycles. The van der Waals surface area contributed by atoms with E-state index in [1.165, 1.54) is 21.6 Å². The first kappa shape index (κ1) is 21.4. The molecule has 1 aliphatic rings. The molecule has 1 aliphatic heterocycles. The van der Waals surface area contributed by atoms with Gasteiger partial charge in [0.2, 0.25) is 0 Å². The number of ether oxygens (including phenoxy) is 2. The fraction of sp³-hybridized carbons (Fsp3) is 0.435. The van der Waals surface area contributed by atoms with E-state index in [1.54, 1.807) is 14.2 Å². The van der Waals surface area contributed by atoms with Crippen LogP contribution in [-0.4, -0.2) is 58.0 Å². The minimum atomic E-state index is 0.0548. The van der Waals surface area contributed by atoms with Crippen LogP contribution in [0.1, 0.15) is 29.2 Å². The molecule has 0 bridgehead atoms. The molecule has 1 heterocycles. The number of nitrogens with one attached hydrogen (secondary N) is 2. The Morgan fingerprint density at radius 2 is 1.83 bits per heavy atom. The molecular formula is C23H32N3O2S+. The molecule has 0 fully saturated rings. The maximum Gasteiger partial charge on any atom is 0.169 e. The molecule has 29 heavy (non-hydrogen) atoms. The van der Waals surface area contributed by atoms with Crippen LogP contribution in [0.2, 0.25) is 0 Å². The van der Waals surface area contributed by atoms with E-state index >= 15 is 0 Å². The Kier molecular flexibility index (Phi) is 7.34. The second kappa shape index (κ2) is 9.94. The average molecular weight is 415 g/mol. The van der Waals surface area contributed by atoms with Gasteiger partial charge in [-0.15, -0.1) is 0 Å². The molecule has 1 atom stereocenters. The molecule has 2 N–H and O–H groups in total. The second-order valence-corrected chi connectivity index (χ2v) is 8.09. The van der Waals surface area contributed by atoms with Crippen LogP contribution in [0.25, 0.3) is 0 Å². The first-order valence-electron chi connectivity index (χ1n) is 10.2. The van der Waals surface area contributed by atoms with Crippen molar-refractivity contribution in [3.8, 4) is 11.5 Å². The maximum atomic E-state index is 5.82. The number of thiocarbonyl (C=S) groups is 1. The van der Waals surface area contributed by atoms with Gasteiger partial charge in [-0.25, -0.2) is 0 Å². The van der Waals surface area contributed by atoms with Crippen molar-refractivity contribution in [2.24, 2.45) is 0 Å². The summed E-state index contributed by atoms with van der Waals surface area (Å²) in [5.74, 6) is 1.53. The minimum Gasteiger partial charge on any atom is -0.493 e. The maximum absolute atomic E-state index is 5.82. The van der Waals surface area contributed by atoms with E-state index in [-0.39, 0.29) is 6.04 Å². The molecule has 0 saturated carbocycles. The van der Waals surface area contributed by atoms with Gasteiger partial charge < -0.3 is 24.6 Å². The molecule has 5 nitrogen and oxygen atoms in total. The van der Waals surface area contributed by atoms with Gasteiger partial charge in [0.15, 0.2) is 16.6 Å². The molecular weight excluding hydrogens is 382 g/mol. The van der Waals surface area contributed by atoms with Crippen molar-refractivity contribution in [3.05, 3.63) is 59.2 Å². The van der Waals surface area contributed by atoms with Crippen molar-refractivity contribution in [3.63, 3.8) is 0 Å². The third-order valence-corrected chi connectivity index (χ3v) is 5.76. The molecule has 156 valence electrons. The van der Waals surface area contributed by atoms with E-state index in [2.05, 4.69) is 60.7 Å². The second-order valence-electron chi connectivity index (χ2n) is 7.71. The molecule has 3 rings (SSSR count). The minimum absolute atomic E-state index is 0.0548. The quantitative estimate of drug-likeness (QED) is 0.536. The van der Waals surface area contributed by atoms with Crippen LogP contribution in [-0.2, 0) is 6.42 Å². The van der Waals surface area contributed by atoms with Crippen molar-refractivity contribution in [1.82, 2.24) is 10.2 Å². The molecule has 0 amide bonds. The van der Waals surface area contributed by atoms with Crippen LogP contribution in [0.4, 0.5) is 0 Å². The summed E-state index contributed by atoms with van der Waals surface area (Å²) in [4.78, 5) is 3.76. The molecule has 0 radical (unpaired) electrons. The first-order valence-corrected chi connectivity index (χ1v) is 10.6. The lowest BCUT2D eigenvalue weighted by atomic mass is 9.88. The zero-order valence-electron chi connectivity index (χ0n) is 17.8. The molecule has 0 spiro atoms. The number of hydrogen-bond acceptors (Lipinski definition) is 3. The standard InChI is InChI=1S/C23H31N3O2S/c1-25(2)13-8-12-24-23(29)26-14-11-18-15-20(27-3)21(28-4)16-19(18)22(26)17-9-6-5-7-10-17/h5-7,9-10,15-16,22H,8,11-14H2,1-4H3,(H,24,29)/p+1/t22-/m0/s1. The highest BCUT2D eigenvalue weighted by Crippen LogP contribution is 2.40. The molecule has 0 aliphatic carbocycles. The van der Waals surface area contributed by atoms with E-state index in [0.29, 0.717) is 0 Å². The summed E-state index contributed by atoms with van der Waals surface area (Å²) in [6.07, 6.45) is 2.01. The predicted molar refractivity (Wildman–Crippen MR) is 121 cm³/mol. The van der Waals surface area contributed by atoms with Crippen molar-refractivity contribution >= 4 is 17.3 Å². The van der Waals surface area contributed by atoms with Crippen LogP contribution in [0.15, 0.2) is 42.5 Å². The van der Waals surface area contributed by atoms with Gasteiger partial charge >= 0.3 is 0 Å². The van der Waals surface area contributed by atoms with E-state index in [4.69, 9.17) is 21.7 Å². The largest absolute Gasteiger partial charge is 0.493 e. The van der Waals surface area contributed by atoms with Gasteiger partial charge in [0, 0.05) is 19.5 Å². The first-order chi connectivity index (χ1) is 14.0. The highest BCUT2D eigenvalue weighted by Gasteiger charge is 2.31. The highest BCUT2D eigenvalue weighted by molar-refractivity contribution is 7.80. The Balaban J connectivity index is 1.91. The van der Waals surface area contributed by atoms with Crippen molar-refractivity contribution < 1.29 is 14.4 Å².